The highest BCUT2D eigenvalue weighted by atomic mass is 35.5. The van der Waals surface area contributed by atoms with E-state index in [0.29, 0.717) is 12.2 Å². The number of carbonyl (C=O) groups is 2. The zero-order chi connectivity index (χ0) is 17.9. The Morgan fingerprint density at radius 3 is 2.68 bits per heavy atom. The first-order valence-corrected chi connectivity index (χ1v) is 7.48. The lowest BCUT2D eigenvalue weighted by Gasteiger charge is -2.35. The first-order chi connectivity index (χ1) is 11.2. The number of anilines is 2. The fraction of sp³-hybridized carbons (Fsp3) is 0.467. The number of rotatable bonds is 3. The number of imide groups is 1. The molecule has 1 unspecified atom stereocenters. The molecule has 1 aliphatic heterocycles. The van der Waals surface area contributed by atoms with E-state index in [1.165, 1.54) is 0 Å². The first kappa shape index (κ1) is 20.9. The number of benzene rings is 1. The zero-order valence-corrected chi connectivity index (χ0v) is 14.3. The van der Waals surface area contributed by atoms with Gasteiger partial charge in [0.25, 0.3) is 0 Å². The molecule has 0 aliphatic carbocycles. The lowest BCUT2D eigenvalue weighted by molar-refractivity contribution is -0.125. The van der Waals surface area contributed by atoms with Gasteiger partial charge in [-0.1, -0.05) is 6.07 Å². The van der Waals surface area contributed by atoms with Gasteiger partial charge in [-0.2, -0.15) is 13.2 Å². The highest BCUT2D eigenvalue weighted by Gasteiger charge is 2.30. The van der Waals surface area contributed by atoms with Crippen molar-refractivity contribution in [3.8, 4) is 0 Å². The third kappa shape index (κ3) is 5.42. The summed E-state index contributed by atoms with van der Waals surface area (Å²) < 4.78 is 36.2. The van der Waals surface area contributed by atoms with E-state index in [1.54, 1.807) is 29.3 Å². The highest BCUT2D eigenvalue weighted by Crippen LogP contribution is 2.32. The highest BCUT2D eigenvalue weighted by molar-refractivity contribution is 5.98. The maximum absolute atomic E-state index is 12.1. The number of nitrogen functional groups attached to an aromatic ring is 1. The number of urea groups is 1. The quantitative estimate of drug-likeness (QED) is 0.702. The largest absolute Gasteiger partial charge is 0.405 e. The number of hydrogen-bond acceptors (Lipinski definition) is 4. The average molecular weight is 381 g/mol. The maximum atomic E-state index is 12.1. The van der Waals surface area contributed by atoms with Crippen LogP contribution in [0.2, 0.25) is 0 Å². The van der Waals surface area contributed by atoms with Crippen molar-refractivity contribution < 1.29 is 22.8 Å². The van der Waals surface area contributed by atoms with Crippen molar-refractivity contribution in [2.24, 2.45) is 0 Å². The maximum Gasteiger partial charge on any atom is 0.405 e. The number of nitrogens with two attached hydrogens (primary N) is 1. The summed E-state index contributed by atoms with van der Waals surface area (Å²) in [5.74, 6) is -0.676. The molecule has 0 radical (unpaired) electrons. The van der Waals surface area contributed by atoms with E-state index < -0.39 is 30.7 Å². The summed E-state index contributed by atoms with van der Waals surface area (Å²) in [6.07, 6.45) is -2.95. The molecule has 2 rings (SSSR count). The van der Waals surface area contributed by atoms with Gasteiger partial charge in [0.2, 0.25) is 5.91 Å². The van der Waals surface area contributed by atoms with Crippen LogP contribution in [0.15, 0.2) is 18.2 Å². The average Bonchev–Trinajstić information content (AvgIpc) is 2.51. The molecule has 3 amide bonds. The first-order valence-electron chi connectivity index (χ1n) is 7.48. The molecule has 1 aromatic rings. The molecule has 140 valence electrons. The molecule has 1 atom stereocenters. The van der Waals surface area contributed by atoms with Crippen LogP contribution in [-0.2, 0) is 11.2 Å². The normalized spacial score (nSPS) is 14.8. The summed E-state index contributed by atoms with van der Waals surface area (Å²) in [6.45, 7) is 0.684. The predicted octanol–water partition coefficient (Wildman–Crippen LogP) is 2.22. The number of nitrogens with one attached hydrogen (secondary N) is 2. The van der Waals surface area contributed by atoms with E-state index in [0.717, 1.165) is 24.1 Å². The van der Waals surface area contributed by atoms with Crippen LogP contribution in [0.25, 0.3) is 0 Å². The van der Waals surface area contributed by atoms with Crippen molar-refractivity contribution in [1.82, 2.24) is 10.6 Å². The molecule has 0 bridgehead atoms. The SMILES string of the molecule is CC(C(=O)NC(=O)NCC(F)(F)F)N1CCCc2c(N)cccc21.Cl. The smallest absolute Gasteiger partial charge is 0.398 e. The summed E-state index contributed by atoms with van der Waals surface area (Å²) in [6, 6.07) is 3.49. The fourth-order valence-corrected chi connectivity index (χ4v) is 2.66. The predicted molar refractivity (Wildman–Crippen MR) is 90.8 cm³/mol. The van der Waals surface area contributed by atoms with Crippen LogP contribution in [0, 0.1) is 0 Å². The zero-order valence-electron chi connectivity index (χ0n) is 13.5. The van der Waals surface area contributed by atoms with Crippen molar-refractivity contribution in [3.63, 3.8) is 0 Å². The van der Waals surface area contributed by atoms with Gasteiger partial charge in [-0.25, -0.2) is 4.79 Å². The Balaban J connectivity index is 0.00000312. The van der Waals surface area contributed by atoms with Crippen molar-refractivity contribution in [2.45, 2.75) is 32.0 Å². The van der Waals surface area contributed by atoms with Gasteiger partial charge in [-0.3, -0.25) is 10.1 Å². The Morgan fingerprint density at radius 1 is 1.36 bits per heavy atom. The molecule has 1 aliphatic rings. The molecule has 0 saturated heterocycles. The van der Waals surface area contributed by atoms with Gasteiger partial charge in [-0.05, 0) is 37.5 Å². The summed E-state index contributed by atoms with van der Waals surface area (Å²) in [5.41, 5.74) is 8.32. The minimum Gasteiger partial charge on any atom is -0.398 e. The molecule has 4 N–H and O–H groups in total. The Hall–Kier alpha value is -2.16. The van der Waals surface area contributed by atoms with Gasteiger partial charge in [0.05, 0.1) is 0 Å². The number of carbonyl (C=O) groups excluding carboxylic acids is 2. The molecule has 1 aromatic carbocycles. The lowest BCUT2D eigenvalue weighted by atomic mass is 9.98. The minimum absolute atomic E-state index is 0. The molecule has 0 spiro atoms. The van der Waals surface area contributed by atoms with E-state index in [2.05, 4.69) is 0 Å². The molecule has 25 heavy (non-hydrogen) atoms. The molecule has 10 heteroatoms. The number of hydrogen-bond donors (Lipinski definition) is 3. The van der Waals surface area contributed by atoms with Crippen LogP contribution in [0.1, 0.15) is 18.9 Å². The van der Waals surface area contributed by atoms with Crippen LogP contribution in [0.5, 0.6) is 0 Å². The second kappa shape index (κ2) is 8.28. The minimum atomic E-state index is -4.53. The summed E-state index contributed by atoms with van der Waals surface area (Å²) in [4.78, 5) is 25.3. The second-order valence-electron chi connectivity index (χ2n) is 5.60. The molecule has 0 aromatic heterocycles. The molecule has 6 nitrogen and oxygen atoms in total. The van der Waals surface area contributed by atoms with Gasteiger partial charge in [0, 0.05) is 17.9 Å². The van der Waals surface area contributed by atoms with Gasteiger partial charge in [-0.15, -0.1) is 12.4 Å². The molecule has 0 saturated carbocycles. The van der Waals surface area contributed by atoms with Crippen molar-refractivity contribution in [1.29, 1.82) is 0 Å². The monoisotopic (exact) mass is 380 g/mol. The van der Waals surface area contributed by atoms with Gasteiger partial charge in [0.1, 0.15) is 12.6 Å². The van der Waals surface area contributed by atoms with Crippen LogP contribution in [-0.4, -0.2) is 37.2 Å². The number of alkyl halides is 3. The lowest BCUT2D eigenvalue weighted by Crippen LogP contribution is -2.52. The van der Waals surface area contributed by atoms with Crippen LogP contribution < -0.4 is 21.3 Å². The summed E-state index contributed by atoms with van der Waals surface area (Å²) in [5, 5.41) is 3.54. The van der Waals surface area contributed by atoms with E-state index in [9.17, 15) is 22.8 Å². The van der Waals surface area contributed by atoms with E-state index in [1.807, 2.05) is 11.4 Å². The molecular formula is C15H20ClF3N4O2. The van der Waals surface area contributed by atoms with E-state index >= 15 is 0 Å². The third-order valence-corrected chi connectivity index (χ3v) is 3.86. The number of amides is 3. The van der Waals surface area contributed by atoms with Gasteiger partial charge < -0.3 is 16.0 Å². The molecule has 1 heterocycles. The van der Waals surface area contributed by atoms with Crippen LogP contribution in [0.4, 0.5) is 29.3 Å². The van der Waals surface area contributed by atoms with Crippen molar-refractivity contribution in [3.05, 3.63) is 23.8 Å². The van der Waals surface area contributed by atoms with Gasteiger partial charge in [0.15, 0.2) is 0 Å². The Labute approximate surface area is 149 Å². The topological polar surface area (TPSA) is 87.5 Å². The third-order valence-electron chi connectivity index (χ3n) is 3.86. The Bertz CT molecular complexity index is 640. The molecular weight excluding hydrogens is 361 g/mol. The van der Waals surface area contributed by atoms with Crippen LogP contribution >= 0.6 is 12.4 Å². The number of nitrogens with zero attached hydrogens (tertiary/aromatic N) is 1. The summed E-state index contributed by atoms with van der Waals surface area (Å²) >= 11 is 0. The van der Waals surface area contributed by atoms with Gasteiger partial charge >= 0.3 is 12.2 Å². The fourth-order valence-electron chi connectivity index (χ4n) is 2.66. The van der Waals surface area contributed by atoms with E-state index in [4.69, 9.17) is 5.73 Å². The van der Waals surface area contributed by atoms with E-state index in [-0.39, 0.29) is 12.4 Å². The van der Waals surface area contributed by atoms with Crippen molar-refractivity contribution in [2.75, 3.05) is 23.7 Å². The second-order valence-corrected chi connectivity index (χ2v) is 5.60. The summed E-state index contributed by atoms with van der Waals surface area (Å²) in [7, 11) is 0. The molecule has 0 fully saturated rings. The number of fused-ring (bicyclic) bond motifs is 1. The van der Waals surface area contributed by atoms with Crippen molar-refractivity contribution >= 4 is 35.7 Å². The number of halogens is 4. The Kier molecular flexibility index (Phi) is 6.92. The van der Waals surface area contributed by atoms with Crippen LogP contribution in [0.3, 0.4) is 0 Å². The standard InChI is InChI=1S/C15H19F3N4O2.ClH/c1-9(13(23)21-14(24)20-8-15(16,17)18)22-7-3-4-10-11(19)5-2-6-12(10)22;/h2,5-6,9H,3-4,7-8,19H2,1H3,(H2,20,21,23,24);1H. The Morgan fingerprint density at radius 2 is 2.04 bits per heavy atom.